The van der Waals surface area contributed by atoms with Gasteiger partial charge in [-0.15, -0.1) is 0 Å². The van der Waals surface area contributed by atoms with Crippen molar-refractivity contribution in [2.24, 2.45) is 17.3 Å². The molecule has 2 saturated carbocycles. The van der Waals surface area contributed by atoms with Gasteiger partial charge in [0, 0.05) is 11.8 Å². The van der Waals surface area contributed by atoms with Crippen LogP contribution >= 0.6 is 0 Å². The highest BCUT2D eigenvalue weighted by Crippen LogP contribution is 2.59. The van der Waals surface area contributed by atoms with Crippen LogP contribution in [-0.2, 0) is 17.8 Å². The van der Waals surface area contributed by atoms with Crippen LogP contribution in [0.25, 0.3) is 0 Å². The van der Waals surface area contributed by atoms with Crippen molar-refractivity contribution >= 4 is 5.78 Å². The number of aryl methyl sites for hydroxylation is 1. The fourth-order valence-electron chi connectivity index (χ4n) is 6.35. The molecule has 0 aromatic heterocycles. The van der Waals surface area contributed by atoms with E-state index in [1.807, 2.05) is 6.07 Å². The van der Waals surface area contributed by atoms with Crippen molar-refractivity contribution < 1.29 is 31.5 Å². The summed E-state index contributed by atoms with van der Waals surface area (Å²) in [5.74, 6) is -7.93. The second-order valence-electron chi connectivity index (χ2n) is 9.53. The van der Waals surface area contributed by atoms with Crippen molar-refractivity contribution in [3.05, 3.63) is 64.0 Å². The molecule has 0 N–H and O–H groups in total. The molecule has 3 aliphatic rings. The van der Waals surface area contributed by atoms with E-state index in [-0.39, 0.29) is 5.41 Å². The van der Waals surface area contributed by atoms with Gasteiger partial charge in [-0.25, -0.2) is 22.0 Å². The second-order valence-corrected chi connectivity index (χ2v) is 9.53. The van der Waals surface area contributed by atoms with Crippen molar-refractivity contribution in [3.63, 3.8) is 0 Å². The smallest absolute Gasteiger partial charge is 0.200 e. The van der Waals surface area contributed by atoms with Gasteiger partial charge in [-0.3, -0.25) is 4.79 Å². The van der Waals surface area contributed by atoms with E-state index in [9.17, 15) is 26.7 Å². The second kappa shape index (κ2) is 7.56. The molecule has 0 bridgehead atoms. The third-order valence-corrected chi connectivity index (χ3v) is 8.09. The third kappa shape index (κ3) is 3.07. The molecule has 32 heavy (non-hydrogen) atoms. The van der Waals surface area contributed by atoms with E-state index in [2.05, 4.69) is 6.92 Å². The zero-order chi connectivity index (χ0) is 22.8. The van der Waals surface area contributed by atoms with Crippen molar-refractivity contribution in [1.29, 1.82) is 0 Å². The van der Waals surface area contributed by atoms with Crippen LogP contribution in [0.3, 0.4) is 0 Å². The predicted molar refractivity (Wildman–Crippen MR) is 107 cm³/mol. The number of ketones is 1. The average Bonchev–Trinajstić information content (AvgIpc) is 3.10. The number of hydrogen-bond donors (Lipinski definition) is 0. The van der Waals surface area contributed by atoms with Crippen LogP contribution in [0.2, 0.25) is 0 Å². The Bertz CT molecular complexity index is 1080. The summed E-state index contributed by atoms with van der Waals surface area (Å²) < 4.78 is 73.3. The van der Waals surface area contributed by atoms with Crippen LogP contribution in [0.4, 0.5) is 22.0 Å². The highest BCUT2D eigenvalue weighted by Gasteiger charge is 2.54. The topological polar surface area (TPSA) is 26.3 Å². The van der Waals surface area contributed by atoms with Crippen LogP contribution in [0.1, 0.15) is 61.6 Å². The number of carbonyl (C=O) groups excluding carboxylic acids is 1. The first kappa shape index (κ1) is 21.4. The van der Waals surface area contributed by atoms with Gasteiger partial charge in [0.05, 0.1) is 5.56 Å². The fourth-order valence-corrected chi connectivity index (χ4v) is 6.35. The van der Waals surface area contributed by atoms with Gasteiger partial charge >= 0.3 is 0 Å². The van der Waals surface area contributed by atoms with E-state index in [1.54, 1.807) is 12.1 Å². The van der Waals surface area contributed by atoms with Crippen LogP contribution in [-0.4, -0.2) is 5.78 Å². The van der Waals surface area contributed by atoms with E-state index < -0.39 is 41.3 Å². The Kier molecular flexibility index (Phi) is 5.06. The molecular weight excluding hydrogens is 427 g/mol. The third-order valence-electron chi connectivity index (χ3n) is 8.09. The Balaban J connectivity index is 1.36. The summed E-state index contributed by atoms with van der Waals surface area (Å²) in [6.07, 6.45) is 5.22. The number of benzene rings is 2. The summed E-state index contributed by atoms with van der Waals surface area (Å²) >= 11 is 0. The molecule has 0 spiro atoms. The Morgan fingerprint density at radius 3 is 2.34 bits per heavy atom. The number of fused-ring (bicyclic) bond motifs is 5. The summed E-state index contributed by atoms with van der Waals surface area (Å²) in [7, 11) is 0. The maximum Gasteiger partial charge on any atom is 0.200 e. The SMILES string of the molecule is CC12CCC3c4ccc(OCc5c(F)c(F)c(F)c(F)c5F)cc4CCC3C1CCC2=O. The number of carbonyl (C=O) groups is 1. The molecule has 3 aliphatic carbocycles. The molecule has 2 aromatic rings. The average molecular weight is 450 g/mol. The van der Waals surface area contributed by atoms with Gasteiger partial charge in [-0.05, 0) is 73.1 Å². The summed E-state index contributed by atoms with van der Waals surface area (Å²) in [6, 6.07) is 5.42. The van der Waals surface area contributed by atoms with Crippen molar-refractivity contribution in [2.75, 3.05) is 0 Å². The Morgan fingerprint density at radius 1 is 0.938 bits per heavy atom. The molecule has 0 heterocycles. The molecule has 170 valence electrons. The van der Waals surface area contributed by atoms with Crippen molar-refractivity contribution in [1.82, 2.24) is 0 Å². The van der Waals surface area contributed by atoms with E-state index in [0.717, 1.165) is 37.7 Å². The Labute approximate surface area is 182 Å². The zero-order valence-corrected chi connectivity index (χ0v) is 17.6. The van der Waals surface area contributed by atoms with Crippen LogP contribution in [0.5, 0.6) is 5.75 Å². The molecule has 0 saturated heterocycles. The molecule has 2 aromatic carbocycles. The van der Waals surface area contributed by atoms with E-state index in [1.165, 1.54) is 5.56 Å². The molecule has 0 amide bonds. The molecular formula is C25H23F5O2. The first-order valence-electron chi connectivity index (χ1n) is 11.0. The molecule has 4 unspecified atom stereocenters. The number of rotatable bonds is 3. The number of ether oxygens (including phenoxy) is 1. The lowest BCUT2D eigenvalue weighted by Crippen LogP contribution is -2.42. The zero-order valence-electron chi connectivity index (χ0n) is 17.6. The van der Waals surface area contributed by atoms with Gasteiger partial charge in [0.25, 0.3) is 0 Å². The largest absolute Gasteiger partial charge is 0.489 e. The first-order valence-corrected chi connectivity index (χ1v) is 11.0. The van der Waals surface area contributed by atoms with Gasteiger partial charge in [0.2, 0.25) is 5.82 Å². The monoisotopic (exact) mass is 450 g/mol. The van der Waals surface area contributed by atoms with Crippen LogP contribution < -0.4 is 4.74 Å². The molecule has 0 radical (unpaired) electrons. The van der Waals surface area contributed by atoms with Crippen molar-refractivity contribution in [3.8, 4) is 5.75 Å². The molecule has 2 nitrogen and oxygen atoms in total. The minimum atomic E-state index is -2.18. The summed E-state index contributed by atoms with van der Waals surface area (Å²) in [5.41, 5.74) is 1.10. The molecule has 0 aliphatic heterocycles. The Morgan fingerprint density at radius 2 is 1.62 bits per heavy atom. The van der Waals surface area contributed by atoms with Gasteiger partial charge < -0.3 is 4.74 Å². The lowest BCUT2D eigenvalue weighted by molar-refractivity contribution is -0.129. The first-order chi connectivity index (χ1) is 15.2. The molecule has 4 atom stereocenters. The molecule has 7 heteroatoms. The number of Topliss-reactive ketones (excluding diaryl/α,β-unsaturated/α-hetero) is 1. The molecule has 2 fully saturated rings. The van der Waals surface area contributed by atoms with Gasteiger partial charge in [-0.1, -0.05) is 13.0 Å². The lowest BCUT2D eigenvalue weighted by atomic mass is 9.55. The van der Waals surface area contributed by atoms with Gasteiger partial charge in [0.1, 0.15) is 18.1 Å². The highest BCUT2D eigenvalue weighted by molar-refractivity contribution is 5.87. The summed E-state index contributed by atoms with van der Waals surface area (Å²) in [4.78, 5) is 12.5. The molecule has 5 rings (SSSR count). The van der Waals surface area contributed by atoms with Gasteiger partial charge in [-0.2, -0.15) is 0 Å². The summed E-state index contributed by atoms with van der Waals surface area (Å²) in [6.45, 7) is 1.36. The maximum atomic E-state index is 13.9. The van der Waals surface area contributed by atoms with Crippen LogP contribution in [0.15, 0.2) is 18.2 Å². The van der Waals surface area contributed by atoms with E-state index in [4.69, 9.17) is 4.74 Å². The Hall–Kier alpha value is -2.44. The fraction of sp³-hybridized carbons (Fsp3) is 0.480. The quantitative estimate of drug-likeness (QED) is 0.308. The maximum absolute atomic E-state index is 13.9. The normalized spacial score (nSPS) is 28.8. The number of halogens is 5. The minimum Gasteiger partial charge on any atom is -0.489 e. The van der Waals surface area contributed by atoms with Crippen molar-refractivity contribution in [2.45, 2.75) is 58.0 Å². The van der Waals surface area contributed by atoms with E-state index >= 15 is 0 Å². The standard InChI is InChI=1S/C25H23F5O2/c1-25-9-8-15-14-5-3-13(10-12(14)2-4-16(15)18(25)6-7-19(25)31)32-11-17-20(26)22(28)24(30)23(29)21(17)27/h3,5,10,15-16,18H,2,4,6-9,11H2,1H3. The van der Waals surface area contributed by atoms with Crippen LogP contribution in [0, 0.1) is 46.3 Å². The minimum absolute atomic E-state index is 0.199. The lowest BCUT2D eigenvalue weighted by Gasteiger charge is -2.48. The predicted octanol–water partition coefficient (Wildman–Crippen LogP) is 6.39. The van der Waals surface area contributed by atoms with Gasteiger partial charge in [0.15, 0.2) is 23.3 Å². The summed E-state index contributed by atoms with van der Waals surface area (Å²) in [5, 5.41) is 0. The number of hydrogen-bond acceptors (Lipinski definition) is 2. The highest BCUT2D eigenvalue weighted by atomic mass is 19.2. The van der Waals surface area contributed by atoms with E-state index in [0.29, 0.717) is 35.7 Å².